The van der Waals surface area contributed by atoms with E-state index < -0.39 is 6.23 Å². The topological polar surface area (TPSA) is 32.3 Å². The first kappa shape index (κ1) is 11.1. The van der Waals surface area contributed by atoms with Gasteiger partial charge in [-0.15, -0.1) is 0 Å². The van der Waals surface area contributed by atoms with Gasteiger partial charge in [0.2, 0.25) is 0 Å². The molecular formula is C10H17NO. The third-order valence-electron chi connectivity index (χ3n) is 1.43. The Kier molecular flexibility index (Phi) is 7.65. The van der Waals surface area contributed by atoms with Gasteiger partial charge in [-0.2, -0.15) is 0 Å². The lowest BCUT2D eigenvalue weighted by molar-refractivity contribution is 0.138. The molecule has 0 amide bonds. The number of nitrogens with one attached hydrogen (secondary N) is 1. The van der Waals surface area contributed by atoms with E-state index in [1.165, 1.54) is 0 Å². The first-order chi connectivity index (χ1) is 5.81. The highest BCUT2D eigenvalue weighted by atomic mass is 16.3. The Balaban J connectivity index is 3.35. The van der Waals surface area contributed by atoms with Crippen molar-refractivity contribution in [3.63, 3.8) is 0 Å². The Labute approximate surface area is 74.3 Å². The third kappa shape index (κ3) is 7.25. The van der Waals surface area contributed by atoms with E-state index in [-0.39, 0.29) is 0 Å². The molecule has 0 aromatic rings. The fourth-order valence-electron chi connectivity index (χ4n) is 0.716. The van der Waals surface area contributed by atoms with Crippen molar-refractivity contribution in [2.45, 2.75) is 19.1 Å². The summed E-state index contributed by atoms with van der Waals surface area (Å²) in [6.45, 7) is 3.55. The molecule has 0 aromatic heterocycles. The van der Waals surface area contributed by atoms with Gasteiger partial charge in [0.25, 0.3) is 0 Å². The molecule has 1 unspecified atom stereocenters. The maximum atomic E-state index is 9.08. The lowest BCUT2D eigenvalue weighted by Crippen LogP contribution is -2.23. The molecule has 0 aliphatic heterocycles. The van der Waals surface area contributed by atoms with Crippen molar-refractivity contribution in [1.29, 1.82) is 0 Å². The maximum Gasteiger partial charge on any atom is 0.104 e. The van der Waals surface area contributed by atoms with Crippen LogP contribution in [0.5, 0.6) is 0 Å². The average molecular weight is 167 g/mol. The average Bonchev–Trinajstić information content (AvgIpc) is 2.10. The van der Waals surface area contributed by atoms with Crippen molar-refractivity contribution in [2.75, 3.05) is 7.05 Å². The van der Waals surface area contributed by atoms with E-state index in [0.717, 1.165) is 12.8 Å². The summed E-state index contributed by atoms with van der Waals surface area (Å²) in [4.78, 5) is 0. The predicted octanol–water partition coefficient (Wildman–Crippen LogP) is 1.60. The van der Waals surface area contributed by atoms with Crippen LogP contribution in [0.1, 0.15) is 12.8 Å². The zero-order valence-electron chi connectivity index (χ0n) is 7.53. The molecule has 2 nitrogen and oxygen atoms in total. The monoisotopic (exact) mass is 167 g/mol. The second-order valence-electron chi connectivity index (χ2n) is 2.43. The summed E-state index contributed by atoms with van der Waals surface area (Å²) >= 11 is 0. The van der Waals surface area contributed by atoms with Crippen LogP contribution in [0.4, 0.5) is 0 Å². The molecular weight excluding hydrogens is 150 g/mol. The smallest absolute Gasteiger partial charge is 0.104 e. The second kappa shape index (κ2) is 8.24. The minimum Gasteiger partial charge on any atom is -0.379 e. The van der Waals surface area contributed by atoms with Gasteiger partial charge in [0, 0.05) is 0 Å². The second-order valence-corrected chi connectivity index (χ2v) is 2.43. The molecule has 0 rings (SSSR count). The zero-order valence-corrected chi connectivity index (χ0v) is 7.53. The Morgan fingerprint density at radius 3 is 2.75 bits per heavy atom. The molecule has 0 aliphatic rings. The van der Waals surface area contributed by atoms with E-state index >= 15 is 0 Å². The Morgan fingerprint density at radius 1 is 1.42 bits per heavy atom. The molecule has 0 radical (unpaired) electrons. The van der Waals surface area contributed by atoms with E-state index in [2.05, 4.69) is 11.9 Å². The summed E-state index contributed by atoms with van der Waals surface area (Å²) in [6, 6.07) is 0. The number of hydrogen-bond donors (Lipinski definition) is 2. The molecule has 0 saturated carbocycles. The van der Waals surface area contributed by atoms with Crippen LogP contribution in [0.2, 0.25) is 0 Å². The van der Waals surface area contributed by atoms with Crippen molar-refractivity contribution in [3.05, 3.63) is 37.0 Å². The molecule has 0 heterocycles. The molecule has 0 bridgehead atoms. The highest BCUT2D eigenvalue weighted by Gasteiger charge is 1.94. The Morgan fingerprint density at radius 2 is 2.17 bits per heavy atom. The van der Waals surface area contributed by atoms with E-state index in [9.17, 15) is 0 Å². The van der Waals surface area contributed by atoms with Gasteiger partial charge in [-0.1, -0.05) is 37.0 Å². The number of allylic oxidation sites excluding steroid dienone is 5. The predicted molar refractivity (Wildman–Crippen MR) is 52.8 cm³/mol. The molecule has 68 valence electrons. The third-order valence-corrected chi connectivity index (χ3v) is 1.43. The van der Waals surface area contributed by atoms with Crippen LogP contribution in [0, 0.1) is 0 Å². The normalized spacial score (nSPS) is 14.2. The molecule has 0 aromatic carbocycles. The van der Waals surface area contributed by atoms with Gasteiger partial charge >= 0.3 is 0 Å². The van der Waals surface area contributed by atoms with E-state index in [1.54, 1.807) is 13.1 Å². The van der Waals surface area contributed by atoms with Crippen molar-refractivity contribution >= 4 is 0 Å². The molecule has 0 saturated heterocycles. The Bertz CT molecular complexity index is 161. The summed E-state index contributed by atoms with van der Waals surface area (Å²) in [7, 11) is 1.74. The first-order valence-corrected chi connectivity index (χ1v) is 4.10. The highest BCUT2D eigenvalue weighted by molar-refractivity contribution is 5.08. The lowest BCUT2D eigenvalue weighted by Gasteiger charge is -2.05. The van der Waals surface area contributed by atoms with Gasteiger partial charge in [0.05, 0.1) is 0 Å². The molecule has 0 aliphatic carbocycles. The maximum absolute atomic E-state index is 9.08. The molecule has 12 heavy (non-hydrogen) atoms. The van der Waals surface area contributed by atoms with Gasteiger partial charge in [0.15, 0.2) is 0 Å². The minimum atomic E-state index is -0.391. The van der Waals surface area contributed by atoms with Crippen LogP contribution in [-0.2, 0) is 0 Å². The fourth-order valence-corrected chi connectivity index (χ4v) is 0.716. The quantitative estimate of drug-likeness (QED) is 0.465. The molecule has 2 heteroatoms. The summed E-state index contributed by atoms with van der Waals surface area (Å²) in [5, 5.41) is 11.8. The van der Waals surface area contributed by atoms with Gasteiger partial charge in [-0.3, -0.25) is 5.32 Å². The number of aliphatic hydroxyl groups is 1. The largest absolute Gasteiger partial charge is 0.379 e. The van der Waals surface area contributed by atoms with Crippen molar-refractivity contribution in [1.82, 2.24) is 5.32 Å². The van der Waals surface area contributed by atoms with Gasteiger partial charge in [0.1, 0.15) is 6.23 Å². The zero-order chi connectivity index (χ0) is 9.23. The Hall–Kier alpha value is -0.860. The van der Waals surface area contributed by atoms with Crippen LogP contribution < -0.4 is 5.32 Å². The van der Waals surface area contributed by atoms with Crippen LogP contribution >= 0.6 is 0 Å². The lowest BCUT2D eigenvalue weighted by atomic mass is 10.2. The summed E-state index contributed by atoms with van der Waals surface area (Å²) < 4.78 is 0. The number of hydrogen-bond acceptors (Lipinski definition) is 2. The van der Waals surface area contributed by atoms with Gasteiger partial charge in [-0.05, 0) is 19.9 Å². The molecule has 2 N–H and O–H groups in total. The van der Waals surface area contributed by atoms with Gasteiger partial charge in [-0.25, -0.2) is 0 Å². The van der Waals surface area contributed by atoms with E-state index in [1.807, 2.05) is 24.3 Å². The van der Waals surface area contributed by atoms with E-state index in [4.69, 9.17) is 5.11 Å². The van der Waals surface area contributed by atoms with E-state index in [0.29, 0.717) is 0 Å². The highest BCUT2D eigenvalue weighted by Crippen LogP contribution is 1.94. The van der Waals surface area contributed by atoms with Gasteiger partial charge < -0.3 is 5.11 Å². The van der Waals surface area contributed by atoms with Crippen LogP contribution in [-0.4, -0.2) is 18.4 Å². The molecule has 1 atom stereocenters. The summed E-state index contributed by atoms with van der Waals surface area (Å²) in [6.07, 6.45) is 10.7. The number of rotatable bonds is 6. The van der Waals surface area contributed by atoms with Crippen molar-refractivity contribution in [2.24, 2.45) is 0 Å². The number of aliphatic hydroxyl groups excluding tert-OH is 1. The van der Waals surface area contributed by atoms with Crippen LogP contribution in [0.3, 0.4) is 0 Å². The summed E-state index contributed by atoms with van der Waals surface area (Å²) in [5.41, 5.74) is 0. The van der Waals surface area contributed by atoms with Crippen molar-refractivity contribution in [3.8, 4) is 0 Å². The minimum absolute atomic E-state index is 0.391. The van der Waals surface area contributed by atoms with Crippen LogP contribution in [0.25, 0.3) is 0 Å². The van der Waals surface area contributed by atoms with Crippen molar-refractivity contribution < 1.29 is 5.11 Å². The van der Waals surface area contributed by atoms with Crippen LogP contribution in [0.15, 0.2) is 37.0 Å². The fraction of sp³-hybridized carbons (Fsp3) is 0.400. The molecule has 0 fully saturated rings. The SMILES string of the molecule is C=C/C=C\C=C\CCC(O)NC. The summed E-state index contributed by atoms with van der Waals surface area (Å²) in [5.74, 6) is 0. The standard InChI is InChI=1S/C10H17NO/c1-3-4-5-6-7-8-9-10(12)11-2/h3-7,10-12H,1,8-9H2,2H3/b5-4-,7-6+. The first-order valence-electron chi connectivity index (χ1n) is 4.10. The molecule has 0 spiro atoms.